The number of hydrogen-bond donors (Lipinski definition) is 0. The summed E-state index contributed by atoms with van der Waals surface area (Å²) in [4.78, 5) is 19.4. The fraction of sp³-hybridized carbons (Fsp3) is 0.444. The van der Waals surface area contributed by atoms with Crippen LogP contribution in [0.4, 0.5) is 4.79 Å². The molecule has 2 aromatic rings. The summed E-state index contributed by atoms with van der Waals surface area (Å²) in [6.45, 7) is 6.80. The minimum absolute atomic E-state index is 0.0413. The van der Waals surface area contributed by atoms with Crippen molar-refractivity contribution >= 4 is 17.4 Å². The van der Waals surface area contributed by atoms with Gasteiger partial charge in [0.2, 0.25) is 0 Å². The number of rotatable bonds is 3. The summed E-state index contributed by atoms with van der Waals surface area (Å²) >= 11 is 1.63. The Kier molecular flexibility index (Phi) is 4.76. The predicted octanol–water partition coefficient (Wildman–Crippen LogP) is 4.20. The van der Waals surface area contributed by atoms with Crippen LogP contribution in [0, 0.1) is 0 Å². The smallest absolute Gasteiger partial charge is 0.410 e. The Morgan fingerprint density at radius 3 is 2.88 bits per heavy atom. The molecule has 6 heteroatoms. The van der Waals surface area contributed by atoms with Crippen LogP contribution in [-0.2, 0) is 4.74 Å². The molecular formula is C18H22N2O3S. The topological polar surface area (TPSA) is 51.7 Å². The summed E-state index contributed by atoms with van der Waals surface area (Å²) in [7, 11) is 0. The van der Waals surface area contributed by atoms with Crippen molar-refractivity contribution in [3.63, 3.8) is 0 Å². The third-order valence-electron chi connectivity index (χ3n) is 3.62. The minimum Gasteiger partial charge on any atom is -0.486 e. The van der Waals surface area contributed by atoms with E-state index < -0.39 is 5.60 Å². The van der Waals surface area contributed by atoms with Gasteiger partial charge in [-0.25, -0.2) is 4.79 Å². The number of amides is 1. The number of ether oxygens (including phenoxy) is 2. The zero-order valence-electron chi connectivity index (χ0n) is 14.2. The van der Waals surface area contributed by atoms with Crippen LogP contribution in [0.5, 0.6) is 5.75 Å². The fourth-order valence-electron chi connectivity index (χ4n) is 2.58. The Morgan fingerprint density at radius 1 is 1.33 bits per heavy atom. The summed E-state index contributed by atoms with van der Waals surface area (Å²) in [5.74, 6) is 0.760. The van der Waals surface area contributed by atoms with Crippen molar-refractivity contribution in [3.05, 3.63) is 35.8 Å². The zero-order valence-corrected chi connectivity index (χ0v) is 15.0. The van der Waals surface area contributed by atoms with Crippen LogP contribution in [0.2, 0.25) is 0 Å². The Bertz CT molecular complexity index is 695. The average Bonchev–Trinajstić information content (AvgIpc) is 3.17. The van der Waals surface area contributed by atoms with E-state index in [9.17, 15) is 4.79 Å². The van der Waals surface area contributed by atoms with Crippen molar-refractivity contribution < 1.29 is 14.3 Å². The van der Waals surface area contributed by atoms with Gasteiger partial charge in [0, 0.05) is 19.2 Å². The van der Waals surface area contributed by atoms with Gasteiger partial charge in [-0.3, -0.25) is 4.98 Å². The van der Waals surface area contributed by atoms with E-state index in [1.165, 1.54) is 0 Å². The van der Waals surface area contributed by atoms with Crippen LogP contribution < -0.4 is 4.74 Å². The van der Waals surface area contributed by atoms with Crippen molar-refractivity contribution in [1.29, 1.82) is 0 Å². The molecule has 1 fully saturated rings. The van der Waals surface area contributed by atoms with Gasteiger partial charge in [-0.05, 0) is 44.4 Å². The monoisotopic (exact) mass is 346 g/mol. The quantitative estimate of drug-likeness (QED) is 0.836. The molecule has 1 atom stereocenters. The first kappa shape index (κ1) is 16.8. The maximum absolute atomic E-state index is 12.2. The first-order valence-corrected chi connectivity index (χ1v) is 8.94. The molecule has 1 saturated heterocycles. The van der Waals surface area contributed by atoms with Crippen molar-refractivity contribution in [1.82, 2.24) is 9.88 Å². The number of hydrogen-bond acceptors (Lipinski definition) is 5. The Hall–Kier alpha value is -2.08. The van der Waals surface area contributed by atoms with Gasteiger partial charge in [0.1, 0.15) is 23.1 Å². The SMILES string of the molecule is CC(C)(C)OC(=O)N1CC[C@@H](Oc2cccnc2-c2cccs2)C1. The van der Waals surface area contributed by atoms with Crippen LogP contribution in [0.1, 0.15) is 27.2 Å². The van der Waals surface area contributed by atoms with Crippen LogP contribution in [0.25, 0.3) is 10.6 Å². The molecule has 0 N–H and O–H groups in total. The first-order valence-electron chi connectivity index (χ1n) is 8.06. The van der Waals surface area contributed by atoms with E-state index in [1.807, 2.05) is 50.4 Å². The molecule has 24 heavy (non-hydrogen) atoms. The lowest BCUT2D eigenvalue weighted by Gasteiger charge is -2.24. The molecule has 1 aliphatic rings. The van der Waals surface area contributed by atoms with Gasteiger partial charge in [0.05, 0.1) is 11.4 Å². The second-order valence-electron chi connectivity index (χ2n) is 6.78. The number of likely N-dealkylation sites (tertiary alicyclic amines) is 1. The predicted molar refractivity (Wildman–Crippen MR) is 94.4 cm³/mol. The van der Waals surface area contributed by atoms with E-state index in [2.05, 4.69) is 4.98 Å². The summed E-state index contributed by atoms with van der Waals surface area (Å²) in [6, 6.07) is 7.82. The maximum atomic E-state index is 12.2. The van der Waals surface area contributed by atoms with E-state index in [0.29, 0.717) is 13.1 Å². The minimum atomic E-state index is -0.480. The van der Waals surface area contributed by atoms with Gasteiger partial charge in [0.25, 0.3) is 0 Å². The number of aromatic nitrogens is 1. The molecule has 1 aliphatic heterocycles. The first-order chi connectivity index (χ1) is 11.4. The van der Waals surface area contributed by atoms with Gasteiger partial charge in [0.15, 0.2) is 0 Å². The summed E-state index contributed by atoms with van der Waals surface area (Å²) in [5, 5.41) is 2.02. The lowest BCUT2D eigenvalue weighted by atomic mass is 10.2. The second-order valence-corrected chi connectivity index (χ2v) is 7.73. The number of nitrogens with zero attached hydrogens (tertiary/aromatic N) is 2. The van der Waals surface area contributed by atoms with Gasteiger partial charge in [-0.15, -0.1) is 11.3 Å². The molecule has 0 unspecified atom stereocenters. The molecule has 0 spiro atoms. The molecule has 0 aromatic carbocycles. The Morgan fingerprint density at radius 2 is 2.17 bits per heavy atom. The summed E-state index contributed by atoms with van der Waals surface area (Å²) in [6.07, 6.45) is 2.24. The highest BCUT2D eigenvalue weighted by molar-refractivity contribution is 7.13. The third-order valence-corrected chi connectivity index (χ3v) is 4.49. The Balaban J connectivity index is 1.65. The van der Waals surface area contributed by atoms with E-state index in [1.54, 1.807) is 22.4 Å². The lowest BCUT2D eigenvalue weighted by Crippen LogP contribution is -2.36. The number of carbonyl (C=O) groups is 1. The third kappa shape index (κ3) is 4.06. The molecule has 5 nitrogen and oxygen atoms in total. The zero-order chi connectivity index (χ0) is 17.2. The molecule has 2 aromatic heterocycles. The highest BCUT2D eigenvalue weighted by Gasteiger charge is 2.31. The van der Waals surface area contributed by atoms with Gasteiger partial charge >= 0.3 is 6.09 Å². The average molecular weight is 346 g/mol. The molecule has 0 radical (unpaired) electrons. The molecule has 128 valence electrons. The summed E-state index contributed by atoms with van der Waals surface area (Å²) in [5.41, 5.74) is 0.370. The van der Waals surface area contributed by atoms with Crippen molar-refractivity contribution in [2.45, 2.75) is 38.9 Å². The van der Waals surface area contributed by atoms with Crippen molar-refractivity contribution in [3.8, 4) is 16.3 Å². The van der Waals surface area contributed by atoms with Gasteiger partial charge < -0.3 is 14.4 Å². The van der Waals surface area contributed by atoms with Gasteiger partial charge in [-0.2, -0.15) is 0 Å². The molecule has 3 heterocycles. The van der Waals surface area contributed by atoms with E-state index in [4.69, 9.17) is 9.47 Å². The highest BCUT2D eigenvalue weighted by atomic mass is 32.1. The molecule has 3 rings (SSSR count). The van der Waals surface area contributed by atoms with Crippen molar-refractivity contribution in [2.24, 2.45) is 0 Å². The lowest BCUT2D eigenvalue weighted by molar-refractivity contribution is 0.0276. The van der Waals surface area contributed by atoms with Gasteiger partial charge in [-0.1, -0.05) is 6.07 Å². The van der Waals surface area contributed by atoms with E-state index in [0.717, 1.165) is 22.7 Å². The highest BCUT2D eigenvalue weighted by Crippen LogP contribution is 2.32. The normalized spacial score (nSPS) is 17.8. The molecule has 0 aliphatic carbocycles. The van der Waals surface area contributed by atoms with E-state index >= 15 is 0 Å². The Labute approximate surface area is 146 Å². The standard InChI is InChI=1S/C18H22N2O3S/c1-18(2,3)23-17(21)20-10-8-13(12-20)22-14-6-4-9-19-16(14)15-7-5-11-24-15/h4-7,9,11,13H,8,10,12H2,1-3H3/t13-/m1/s1. The van der Waals surface area contributed by atoms with Crippen LogP contribution in [0.15, 0.2) is 35.8 Å². The van der Waals surface area contributed by atoms with Crippen LogP contribution >= 0.6 is 11.3 Å². The second kappa shape index (κ2) is 6.81. The summed E-state index contributed by atoms with van der Waals surface area (Å²) < 4.78 is 11.6. The maximum Gasteiger partial charge on any atom is 0.410 e. The van der Waals surface area contributed by atoms with E-state index in [-0.39, 0.29) is 12.2 Å². The number of pyridine rings is 1. The molecule has 0 saturated carbocycles. The number of thiophene rings is 1. The number of carbonyl (C=O) groups excluding carboxylic acids is 1. The largest absolute Gasteiger partial charge is 0.486 e. The molecule has 1 amide bonds. The van der Waals surface area contributed by atoms with Crippen LogP contribution in [0.3, 0.4) is 0 Å². The molecular weight excluding hydrogens is 324 g/mol. The van der Waals surface area contributed by atoms with Crippen LogP contribution in [-0.4, -0.2) is 40.8 Å². The fourth-order valence-corrected chi connectivity index (χ4v) is 3.31. The molecule has 0 bridgehead atoms. The van der Waals surface area contributed by atoms with Crippen molar-refractivity contribution in [2.75, 3.05) is 13.1 Å².